The first kappa shape index (κ1) is 22.1. The van der Waals surface area contributed by atoms with Crippen molar-refractivity contribution in [3.63, 3.8) is 0 Å². The first-order valence-electron chi connectivity index (χ1n) is 8.82. The third-order valence-corrected chi connectivity index (χ3v) is 6.59. The molecule has 0 fully saturated rings. The number of nitrogens with one attached hydrogen (secondary N) is 1. The average Bonchev–Trinajstić information content (AvgIpc) is 2.72. The number of hydrogen-bond acceptors (Lipinski definition) is 3. The summed E-state index contributed by atoms with van der Waals surface area (Å²) in [6.45, 7) is -0.547. The van der Waals surface area contributed by atoms with Gasteiger partial charge in [0.05, 0.1) is 10.6 Å². The number of benzene rings is 3. The van der Waals surface area contributed by atoms with Gasteiger partial charge in [-0.1, -0.05) is 59.6 Å². The van der Waals surface area contributed by atoms with Crippen LogP contribution in [0.5, 0.6) is 0 Å². The molecule has 3 rings (SSSR count). The molecule has 0 spiro atoms. The second-order valence-electron chi connectivity index (χ2n) is 6.29. The summed E-state index contributed by atoms with van der Waals surface area (Å²) >= 11 is 12.0. The molecule has 0 aliphatic heterocycles. The van der Waals surface area contributed by atoms with Crippen molar-refractivity contribution in [2.24, 2.45) is 0 Å². The molecule has 30 heavy (non-hydrogen) atoms. The zero-order valence-corrected chi connectivity index (χ0v) is 17.9. The predicted octanol–water partition coefficient (Wildman–Crippen LogP) is 4.64. The summed E-state index contributed by atoms with van der Waals surface area (Å²) in [6.07, 6.45) is 0. The van der Waals surface area contributed by atoms with Gasteiger partial charge in [-0.15, -0.1) is 0 Å². The minimum absolute atomic E-state index is 0.0539. The predicted molar refractivity (Wildman–Crippen MR) is 116 cm³/mol. The van der Waals surface area contributed by atoms with Crippen molar-refractivity contribution >= 4 is 44.8 Å². The highest BCUT2D eigenvalue weighted by molar-refractivity contribution is 7.92. The van der Waals surface area contributed by atoms with Gasteiger partial charge in [-0.2, -0.15) is 0 Å². The lowest BCUT2D eigenvalue weighted by molar-refractivity contribution is -0.119. The number of sulfonamides is 1. The molecule has 1 amide bonds. The van der Waals surface area contributed by atoms with E-state index in [0.717, 1.165) is 10.4 Å². The van der Waals surface area contributed by atoms with E-state index in [1.165, 1.54) is 36.4 Å². The van der Waals surface area contributed by atoms with Crippen LogP contribution in [0.2, 0.25) is 10.0 Å². The molecule has 0 saturated heterocycles. The standard InChI is InChI=1S/C21H17Cl2FN2O3S/c22-16-11-10-15(18(23)12-16)13-25-21(27)14-26(20-9-5-4-8-19(20)24)30(28,29)17-6-2-1-3-7-17/h1-12H,13-14H2,(H,25,27). The molecule has 0 aromatic heterocycles. The largest absolute Gasteiger partial charge is 0.350 e. The topological polar surface area (TPSA) is 66.5 Å². The molecular weight excluding hydrogens is 450 g/mol. The van der Waals surface area contributed by atoms with Crippen molar-refractivity contribution in [3.05, 3.63) is 94.2 Å². The highest BCUT2D eigenvalue weighted by Crippen LogP contribution is 2.26. The number of carbonyl (C=O) groups excluding carboxylic acids is 1. The molecule has 5 nitrogen and oxygen atoms in total. The Hall–Kier alpha value is -2.61. The SMILES string of the molecule is O=C(CN(c1ccccc1F)S(=O)(=O)c1ccccc1)NCc1ccc(Cl)cc1Cl. The Morgan fingerprint density at radius 3 is 2.30 bits per heavy atom. The Kier molecular flexibility index (Phi) is 6.97. The zero-order chi connectivity index (χ0) is 21.7. The second-order valence-corrected chi connectivity index (χ2v) is 8.99. The molecule has 0 atom stereocenters. The van der Waals surface area contributed by atoms with Crippen molar-refractivity contribution in [2.45, 2.75) is 11.4 Å². The number of nitrogens with zero attached hydrogens (tertiary/aromatic N) is 1. The Morgan fingerprint density at radius 1 is 0.967 bits per heavy atom. The molecule has 3 aromatic rings. The average molecular weight is 467 g/mol. The van der Waals surface area contributed by atoms with E-state index in [1.54, 1.807) is 30.3 Å². The molecule has 0 radical (unpaired) electrons. The van der Waals surface area contributed by atoms with Gasteiger partial charge < -0.3 is 5.32 Å². The number of halogens is 3. The Morgan fingerprint density at radius 2 is 1.63 bits per heavy atom. The number of carbonyl (C=O) groups is 1. The van der Waals surface area contributed by atoms with Gasteiger partial charge in [-0.05, 0) is 42.0 Å². The van der Waals surface area contributed by atoms with Gasteiger partial charge in [0.15, 0.2) is 0 Å². The van der Waals surface area contributed by atoms with E-state index >= 15 is 0 Å². The summed E-state index contributed by atoms with van der Waals surface area (Å²) in [5.41, 5.74) is 0.388. The summed E-state index contributed by atoms with van der Waals surface area (Å²) in [7, 11) is -4.18. The number of anilines is 1. The van der Waals surface area contributed by atoms with Crippen LogP contribution >= 0.6 is 23.2 Å². The van der Waals surface area contributed by atoms with Crippen LogP contribution < -0.4 is 9.62 Å². The molecule has 9 heteroatoms. The molecule has 0 aliphatic rings. The van der Waals surface area contributed by atoms with Gasteiger partial charge in [0, 0.05) is 16.6 Å². The molecular formula is C21H17Cl2FN2O3S. The summed E-state index contributed by atoms with van der Waals surface area (Å²) in [5, 5.41) is 3.43. The Balaban J connectivity index is 1.86. The minimum Gasteiger partial charge on any atom is -0.350 e. The summed E-state index contributed by atoms with van der Waals surface area (Å²) in [5.74, 6) is -1.38. The summed E-state index contributed by atoms with van der Waals surface area (Å²) < 4.78 is 41.4. The number of hydrogen-bond donors (Lipinski definition) is 1. The van der Waals surface area contributed by atoms with E-state index in [2.05, 4.69) is 5.32 Å². The molecule has 0 saturated carbocycles. The third kappa shape index (κ3) is 5.11. The Labute approximate surface area is 184 Å². The minimum atomic E-state index is -4.18. The number of rotatable bonds is 7. The maximum atomic E-state index is 14.4. The second kappa shape index (κ2) is 9.47. The fraction of sp³-hybridized carbons (Fsp3) is 0.0952. The number of para-hydroxylation sites is 1. The van der Waals surface area contributed by atoms with Gasteiger partial charge in [-0.3, -0.25) is 9.10 Å². The fourth-order valence-electron chi connectivity index (χ4n) is 2.72. The molecule has 3 aromatic carbocycles. The van der Waals surface area contributed by atoms with Gasteiger partial charge in [-0.25, -0.2) is 12.8 Å². The summed E-state index contributed by atoms with van der Waals surface area (Å²) in [6, 6.07) is 17.7. The van der Waals surface area contributed by atoms with Crippen LogP contribution in [0.25, 0.3) is 0 Å². The smallest absolute Gasteiger partial charge is 0.264 e. The molecule has 0 aliphatic carbocycles. The van der Waals surface area contributed by atoms with E-state index in [9.17, 15) is 17.6 Å². The maximum absolute atomic E-state index is 14.4. The van der Waals surface area contributed by atoms with Crippen LogP contribution in [-0.2, 0) is 21.4 Å². The van der Waals surface area contributed by atoms with Gasteiger partial charge in [0.2, 0.25) is 5.91 Å². The first-order valence-corrected chi connectivity index (χ1v) is 11.0. The molecule has 0 heterocycles. The van der Waals surface area contributed by atoms with E-state index in [4.69, 9.17) is 23.2 Å². The highest BCUT2D eigenvalue weighted by atomic mass is 35.5. The number of amides is 1. The van der Waals surface area contributed by atoms with Crippen molar-refractivity contribution in [3.8, 4) is 0 Å². The maximum Gasteiger partial charge on any atom is 0.264 e. The van der Waals surface area contributed by atoms with Crippen LogP contribution in [-0.4, -0.2) is 20.9 Å². The lowest BCUT2D eigenvalue weighted by Crippen LogP contribution is -2.41. The van der Waals surface area contributed by atoms with Crippen molar-refractivity contribution in [1.82, 2.24) is 5.32 Å². The zero-order valence-electron chi connectivity index (χ0n) is 15.6. The quantitative estimate of drug-likeness (QED) is 0.551. The van der Waals surface area contributed by atoms with E-state index < -0.39 is 28.3 Å². The molecule has 0 unspecified atom stereocenters. The highest BCUT2D eigenvalue weighted by Gasteiger charge is 2.28. The van der Waals surface area contributed by atoms with E-state index in [1.807, 2.05) is 0 Å². The normalized spacial score (nSPS) is 11.2. The monoisotopic (exact) mass is 466 g/mol. The van der Waals surface area contributed by atoms with Gasteiger partial charge in [0.25, 0.3) is 10.0 Å². The third-order valence-electron chi connectivity index (χ3n) is 4.23. The van der Waals surface area contributed by atoms with Crippen LogP contribution in [0.15, 0.2) is 77.7 Å². The fourth-order valence-corrected chi connectivity index (χ4v) is 4.64. The van der Waals surface area contributed by atoms with Crippen LogP contribution in [0.1, 0.15) is 5.56 Å². The molecule has 1 N–H and O–H groups in total. The van der Waals surface area contributed by atoms with Crippen molar-refractivity contribution in [2.75, 3.05) is 10.8 Å². The first-order chi connectivity index (χ1) is 14.3. The lowest BCUT2D eigenvalue weighted by atomic mass is 10.2. The van der Waals surface area contributed by atoms with Crippen LogP contribution in [0.3, 0.4) is 0 Å². The van der Waals surface area contributed by atoms with Gasteiger partial charge >= 0.3 is 0 Å². The van der Waals surface area contributed by atoms with E-state index in [-0.39, 0.29) is 17.1 Å². The van der Waals surface area contributed by atoms with Crippen molar-refractivity contribution < 1.29 is 17.6 Å². The van der Waals surface area contributed by atoms with E-state index in [0.29, 0.717) is 15.6 Å². The lowest BCUT2D eigenvalue weighted by Gasteiger charge is -2.24. The van der Waals surface area contributed by atoms with Crippen LogP contribution in [0, 0.1) is 5.82 Å². The molecule has 0 bridgehead atoms. The van der Waals surface area contributed by atoms with Crippen LogP contribution in [0.4, 0.5) is 10.1 Å². The Bertz CT molecular complexity index is 1160. The molecule has 156 valence electrons. The van der Waals surface area contributed by atoms with Gasteiger partial charge in [0.1, 0.15) is 12.4 Å². The van der Waals surface area contributed by atoms with Crippen molar-refractivity contribution in [1.29, 1.82) is 0 Å². The summed E-state index contributed by atoms with van der Waals surface area (Å²) in [4.78, 5) is 12.5.